The van der Waals surface area contributed by atoms with Crippen molar-refractivity contribution in [2.75, 3.05) is 5.88 Å². The molecule has 0 radical (unpaired) electrons. The maximum Gasteiger partial charge on any atom is 0.334 e. The standard InChI is InChI=1S/C16H21ClO2/c1-10-12-6-5-11(9-17)4-3-7-16(2)8-13(16)14(12)19-15(10)18/h4,12-14H,1,3,5-9H2,2H3/b11-4+/t12-,13?,14-,16?/m0/s1. The molecule has 2 fully saturated rings. The van der Waals surface area contributed by atoms with E-state index in [2.05, 4.69) is 19.6 Å². The molecular formula is C16H21ClO2. The van der Waals surface area contributed by atoms with Crippen LogP contribution in [0.15, 0.2) is 23.8 Å². The van der Waals surface area contributed by atoms with Crippen molar-refractivity contribution in [1.29, 1.82) is 0 Å². The zero-order chi connectivity index (χ0) is 13.6. The van der Waals surface area contributed by atoms with Crippen LogP contribution in [0.25, 0.3) is 0 Å². The number of hydrogen-bond donors (Lipinski definition) is 0. The van der Waals surface area contributed by atoms with Crippen molar-refractivity contribution < 1.29 is 9.53 Å². The minimum Gasteiger partial charge on any atom is -0.458 e. The highest BCUT2D eigenvalue weighted by molar-refractivity contribution is 6.19. The van der Waals surface area contributed by atoms with Gasteiger partial charge in [0.25, 0.3) is 0 Å². The highest BCUT2D eigenvalue weighted by Crippen LogP contribution is 2.61. The van der Waals surface area contributed by atoms with Crippen LogP contribution >= 0.6 is 11.6 Å². The van der Waals surface area contributed by atoms with E-state index < -0.39 is 0 Å². The molecule has 0 aromatic rings. The van der Waals surface area contributed by atoms with Gasteiger partial charge in [0.2, 0.25) is 0 Å². The molecule has 1 saturated carbocycles. The fourth-order valence-corrected chi connectivity index (χ4v) is 3.99. The molecule has 3 heteroatoms. The summed E-state index contributed by atoms with van der Waals surface area (Å²) in [6.07, 6.45) is 7.73. The summed E-state index contributed by atoms with van der Waals surface area (Å²) in [6.45, 7) is 6.26. The van der Waals surface area contributed by atoms with Crippen molar-refractivity contribution in [3.05, 3.63) is 23.8 Å². The minimum absolute atomic E-state index is 0.0691. The molecule has 2 aliphatic carbocycles. The maximum absolute atomic E-state index is 11.8. The summed E-state index contributed by atoms with van der Waals surface area (Å²) >= 11 is 6.00. The highest BCUT2D eigenvalue weighted by atomic mass is 35.5. The smallest absolute Gasteiger partial charge is 0.334 e. The molecule has 1 heterocycles. The average molecular weight is 281 g/mol. The molecule has 0 aromatic carbocycles. The van der Waals surface area contributed by atoms with E-state index in [9.17, 15) is 4.79 Å². The second-order valence-electron chi connectivity index (χ2n) is 6.54. The van der Waals surface area contributed by atoms with Gasteiger partial charge in [-0.1, -0.05) is 25.2 Å². The zero-order valence-corrected chi connectivity index (χ0v) is 12.2. The van der Waals surface area contributed by atoms with Crippen molar-refractivity contribution >= 4 is 17.6 Å². The summed E-state index contributed by atoms with van der Waals surface area (Å²) in [7, 11) is 0. The molecule has 2 nitrogen and oxygen atoms in total. The van der Waals surface area contributed by atoms with Gasteiger partial charge in [-0.3, -0.25) is 0 Å². The Balaban J connectivity index is 1.86. The van der Waals surface area contributed by atoms with Crippen molar-refractivity contribution in [2.45, 2.75) is 45.1 Å². The molecule has 19 heavy (non-hydrogen) atoms. The molecule has 0 aromatic heterocycles. The summed E-state index contributed by atoms with van der Waals surface area (Å²) in [6, 6.07) is 0. The van der Waals surface area contributed by atoms with Gasteiger partial charge >= 0.3 is 5.97 Å². The van der Waals surface area contributed by atoms with Crippen LogP contribution in [-0.4, -0.2) is 18.0 Å². The number of ether oxygens (including phenoxy) is 1. The van der Waals surface area contributed by atoms with E-state index in [0.29, 0.717) is 22.8 Å². The monoisotopic (exact) mass is 280 g/mol. The van der Waals surface area contributed by atoms with Gasteiger partial charge in [-0.15, -0.1) is 11.6 Å². The van der Waals surface area contributed by atoms with Crippen molar-refractivity contribution in [3.8, 4) is 0 Å². The number of allylic oxidation sites excluding steroid dienone is 2. The Labute approximate surface area is 119 Å². The molecule has 0 N–H and O–H groups in total. The summed E-state index contributed by atoms with van der Waals surface area (Å²) < 4.78 is 5.61. The number of carbonyl (C=O) groups excluding carboxylic acids is 1. The Morgan fingerprint density at radius 2 is 2.37 bits per heavy atom. The Bertz CT molecular complexity index is 454. The molecule has 2 unspecified atom stereocenters. The van der Waals surface area contributed by atoms with Gasteiger partial charge in [0.05, 0.1) is 0 Å². The first-order chi connectivity index (χ1) is 9.05. The van der Waals surface area contributed by atoms with Crippen LogP contribution in [-0.2, 0) is 9.53 Å². The average Bonchev–Trinajstić information content (AvgIpc) is 2.97. The Kier molecular flexibility index (Phi) is 3.24. The third kappa shape index (κ3) is 2.24. The molecule has 104 valence electrons. The van der Waals surface area contributed by atoms with Gasteiger partial charge in [0.15, 0.2) is 0 Å². The third-order valence-electron chi connectivity index (χ3n) is 5.26. The van der Waals surface area contributed by atoms with Crippen molar-refractivity contribution in [1.82, 2.24) is 0 Å². The number of rotatable bonds is 1. The molecule has 3 aliphatic rings. The van der Waals surface area contributed by atoms with Crippen LogP contribution in [0, 0.1) is 17.3 Å². The van der Waals surface area contributed by atoms with E-state index in [-0.39, 0.29) is 18.0 Å². The van der Waals surface area contributed by atoms with Crippen molar-refractivity contribution in [3.63, 3.8) is 0 Å². The van der Waals surface area contributed by atoms with Crippen molar-refractivity contribution in [2.24, 2.45) is 17.3 Å². The van der Waals surface area contributed by atoms with E-state index in [1.54, 1.807) is 0 Å². The largest absolute Gasteiger partial charge is 0.458 e. The van der Waals surface area contributed by atoms with Crippen LogP contribution in [0.5, 0.6) is 0 Å². The van der Waals surface area contributed by atoms with E-state index in [1.807, 2.05) is 0 Å². The lowest BCUT2D eigenvalue weighted by Crippen LogP contribution is -2.23. The van der Waals surface area contributed by atoms with Crippen LogP contribution in [0.3, 0.4) is 0 Å². The predicted octanol–water partition coefficient (Wildman–Crippen LogP) is 3.85. The Morgan fingerprint density at radius 1 is 1.58 bits per heavy atom. The van der Waals surface area contributed by atoms with Gasteiger partial charge in [-0.2, -0.15) is 0 Å². The van der Waals surface area contributed by atoms with Gasteiger partial charge in [0.1, 0.15) is 6.10 Å². The normalized spacial score (nSPS) is 44.7. The van der Waals surface area contributed by atoms with Gasteiger partial charge in [-0.05, 0) is 37.5 Å². The zero-order valence-electron chi connectivity index (χ0n) is 11.5. The number of carbonyl (C=O) groups is 1. The summed E-state index contributed by atoms with van der Waals surface area (Å²) in [5.41, 5.74) is 2.32. The molecule has 1 saturated heterocycles. The SMILES string of the molecule is C=C1C(=O)O[C@@H]2C3CC3(C)CC/C=C(/CCl)CC[C@@H]12. The quantitative estimate of drug-likeness (QED) is 0.316. The fourth-order valence-electron chi connectivity index (χ4n) is 3.75. The second kappa shape index (κ2) is 4.66. The first-order valence-corrected chi connectivity index (χ1v) is 7.72. The number of alkyl halides is 1. The maximum atomic E-state index is 11.8. The first-order valence-electron chi connectivity index (χ1n) is 7.19. The van der Waals surface area contributed by atoms with Gasteiger partial charge in [0, 0.05) is 23.3 Å². The third-order valence-corrected chi connectivity index (χ3v) is 5.61. The fraction of sp³-hybridized carbons (Fsp3) is 0.688. The number of halogens is 1. The molecule has 3 rings (SSSR count). The molecule has 4 atom stereocenters. The van der Waals surface area contributed by atoms with E-state index in [1.165, 1.54) is 18.4 Å². The lowest BCUT2D eigenvalue weighted by atomic mass is 9.84. The summed E-state index contributed by atoms with van der Waals surface area (Å²) in [5.74, 6) is 1.15. The predicted molar refractivity (Wildman–Crippen MR) is 76.0 cm³/mol. The minimum atomic E-state index is -0.181. The Hall–Kier alpha value is -0.760. The molecule has 0 bridgehead atoms. The molecule has 0 spiro atoms. The molecular weight excluding hydrogens is 260 g/mol. The number of esters is 1. The topological polar surface area (TPSA) is 26.3 Å². The van der Waals surface area contributed by atoms with Crippen LogP contribution in [0.2, 0.25) is 0 Å². The van der Waals surface area contributed by atoms with Crippen LogP contribution in [0.4, 0.5) is 0 Å². The highest BCUT2D eigenvalue weighted by Gasteiger charge is 2.59. The number of hydrogen-bond acceptors (Lipinski definition) is 2. The van der Waals surface area contributed by atoms with Crippen LogP contribution in [0.1, 0.15) is 39.0 Å². The lowest BCUT2D eigenvalue weighted by Gasteiger charge is -2.22. The number of fused-ring (bicyclic) bond motifs is 3. The van der Waals surface area contributed by atoms with E-state index >= 15 is 0 Å². The molecule has 1 aliphatic heterocycles. The van der Waals surface area contributed by atoms with Crippen LogP contribution < -0.4 is 0 Å². The summed E-state index contributed by atoms with van der Waals surface area (Å²) in [5, 5.41) is 0. The Morgan fingerprint density at radius 3 is 3.11 bits per heavy atom. The first kappa shape index (κ1) is 13.2. The van der Waals surface area contributed by atoms with Gasteiger partial charge < -0.3 is 4.74 Å². The lowest BCUT2D eigenvalue weighted by molar-refractivity contribution is -0.140. The van der Waals surface area contributed by atoms with E-state index in [4.69, 9.17) is 16.3 Å². The summed E-state index contributed by atoms with van der Waals surface area (Å²) in [4.78, 5) is 11.8. The van der Waals surface area contributed by atoms with E-state index in [0.717, 1.165) is 19.3 Å². The second-order valence-corrected chi connectivity index (χ2v) is 6.81. The van der Waals surface area contributed by atoms with Gasteiger partial charge in [-0.25, -0.2) is 4.79 Å². The molecule has 0 amide bonds.